The Morgan fingerprint density at radius 3 is 2.47 bits per heavy atom. The van der Waals surface area contributed by atoms with E-state index in [0.29, 0.717) is 0 Å². The minimum atomic E-state index is 0. The summed E-state index contributed by atoms with van der Waals surface area (Å²) in [7, 11) is 0. The van der Waals surface area contributed by atoms with Crippen LogP contribution in [0.5, 0.6) is 0 Å². The van der Waals surface area contributed by atoms with Crippen molar-refractivity contribution >= 4 is 6.79 Å². The van der Waals surface area contributed by atoms with Crippen molar-refractivity contribution < 1.29 is 24.3 Å². The molecular weight excluding hydrogens is 301 g/mol. The Bertz CT molecular complexity index is 281. The van der Waals surface area contributed by atoms with E-state index in [1.54, 1.807) is 6.08 Å². The third-order valence-corrected chi connectivity index (χ3v) is 2.32. The first-order chi connectivity index (χ1) is 7.80. The molecule has 1 aliphatic rings. The van der Waals surface area contributed by atoms with E-state index in [0.717, 1.165) is 31.0 Å². The SMILES string of the molecule is [CH-]=O.[CH2-]C=C1C=CC=C(CN(CC)CC)[N-]1.[RuH]. The molecule has 0 amide bonds. The van der Waals surface area contributed by atoms with Crippen molar-refractivity contribution in [3.63, 3.8) is 0 Å². The van der Waals surface area contributed by atoms with Gasteiger partial charge in [-0.3, -0.25) is 6.79 Å². The van der Waals surface area contributed by atoms with Gasteiger partial charge >= 0.3 is 19.5 Å². The number of nitrogens with zero attached hydrogens (tertiary/aromatic N) is 2. The van der Waals surface area contributed by atoms with Crippen LogP contribution in [0.4, 0.5) is 0 Å². The Labute approximate surface area is 117 Å². The monoisotopic (exact) mass is 322 g/mol. The molecule has 0 saturated carbocycles. The molecule has 1 heterocycles. The van der Waals surface area contributed by atoms with Gasteiger partial charge < -0.3 is 20.7 Å². The third kappa shape index (κ3) is 7.14. The van der Waals surface area contributed by atoms with Crippen LogP contribution in [0.15, 0.2) is 35.7 Å². The summed E-state index contributed by atoms with van der Waals surface area (Å²) in [6, 6.07) is 0. The van der Waals surface area contributed by atoms with Gasteiger partial charge in [0.1, 0.15) is 0 Å². The first-order valence-corrected chi connectivity index (χ1v) is 5.34. The van der Waals surface area contributed by atoms with Crippen LogP contribution in [0.3, 0.4) is 0 Å². The van der Waals surface area contributed by atoms with Gasteiger partial charge in [0.05, 0.1) is 0 Å². The van der Waals surface area contributed by atoms with Crippen molar-refractivity contribution in [3.8, 4) is 0 Å². The normalized spacial score (nSPS) is 15.5. The van der Waals surface area contributed by atoms with Gasteiger partial charge in [-0.1, -0.05) is 26.0 Å². The standard InChI is InChI=1S/C12H18N2.CHO.Ru.H/c1-4-11-8-7-9-12(13-11)10-14(5-2)6-3;1-2;;/h4,7-9H,1,5-6,10H2,2-3H3;1H;;/q-2;-1;;. The van der Waals surface area contributed by atoms with Crippen molar-refractivity contribution in [1.82, 2.24) is 4.90 Å². The zero-order chi connectivity index (χ0) is 12.4. The van der Waals surface area contributed by atoms with Crippen molar-refractivity contribution in [2.45, 2.75) is 13.8 Å². The molecule has 99 valence electrons. The van der Waals surface area contributed by atoms with Crippen molar-refractivity contribution in [1.29, 1.82) is 0 Å². The molecule has 0 unspecified atom stereocenters. The molecule has 1 rings (SSSR count). The van der Waals surface area contributed by atoms with E-state index >= 15 is 0 Å². The molecule has 1 aliphatic heterocycles. The van der Waals surface area contributed by atoms with E-state index in [1.807, 2.05) is 12.2 Å². The number of carbonyl (C=O) groups excluding carboxylic acids is 1. The van der Waals surface area contributed by atoms with Crippen LogP contribution in [0.1, 0.15) is 13.8 Å². The predicted octanol–water partition coefficient (Wildman–Crippen LogP) is 2.33. The maximum atomic E-state index is 7.75. The van der Waals surface area contributed by atoms with Crippen LogP contribution in [0.25, 0.3) is 5.32 Å². The fourth-order valence-electron chi connectivity index (χ4n) is 1.38. The molecule has 4 heteroatoms. The first-order valence-electron chi connectivity index (χ1n) is 5.34. The van der Waals surface area contributed by atoms with Gasteiger partial charge in [-0.15, -0.1) is 0 Å². The van der Waals surface area contributed by atoms with Crippen molar-refractivity contribution in [2.24, 2.45) is 0 Å². The fourth-order valence-corrected chi connectivity index (χ4v) is 1.38. The number of likely N-dealkylation sites (N-methyl/N-ethyl adjacent to an activating group) is 1. The summed E-state index contributed by atoms with van der Waals surface area (Å²) in [5.41, 5.74) is 2.07. The van der Waals surface area contributed by atoms with Gasteiger partial charge in [-0.2, -0.15) is 11.8 Å². The Kier molecular flexibility index (Phi) is 12.7. The van der Waals surface area contributed by atoms with E-state index in [2.05, 4.69) is 43.9 Å². The number of hydrogen-bond donors (Lipinski definition) is 0. The first kappa shape index (κ1) is 18.5. The molecule has 0 radical (unpaired) electrons. The zero-order valence-corrected chi connectivity index (χ0v) is 12.3. The Hall–Kier alpha value is -0.857. The van der Waals surface area contributed by atoms with Crippen molar-refractivity contribution in [3.05, 3.63) is 47.9 Å². The Balaban J connectivity index is 0. The van der Waals surface area contributed by atoms with Crippen LogP contribution in [0.2, 0.25) is 0 Å². The third-order valence-electron chi connectivity index (χ3n) is 2.32. The van der Waals surface area contributed by atoms with Gasteiger partial charge in [-0.05, 0) is 13.1 Å². The van der Waals surface area contributed by atoms with Gasteiger partial charge in [0.2, 0.25) is 0 Å². The fraction of sp³-hybridized carbons (Fsp3) is 0.385. The number of rotatable bonds is 4. The van der Waals surface area contributed by atoms with Gasteiger partial charge in [-0.25, -0.2) is 13.0 Å². The molecule has 0 aromatic carbocycles. The molecule has 0 spiro atoms. The van der Waals surface area contributed by atoms with E-state index in [9.17, 15) is 0 Å². The van der Waals surface area contributed by atoms with Crippen LogP contribution in [-0.2, 0) is 24.3 Å². The number of allylic oxidation sites excluding steroid dienone is 4. The molecule has 0 N–H and O–H groups in total. The van der Waals surface area contributed by atoms with Crippen molar-refractivity contribution in [2.75, 3.05) is 19.6 Å². The summed E-state index contributed by atoms with van der Waals surface area (Å²) < 4.78 is 0. The summed E-state index contributed by atoms with van der Waals surface area (Å²) in [5, 5.41) is 4.47. The predicted molar refractivity (Wildman–Crippen MR) is 70.0 cm³/mol. The summed E-state index contributed by atoms with van der Waals surface area (Å²) in [6.45, 7) is 14.4. The minimum absolute atomic E-state index is 0. The van der Waals surface area contributed by atoms with E-state index < -0.39 is 0 Å². The molecule has 0 aliphatic carbocycles. The quantitative estimate of drug-likeness (QED) is 0.452. The van der Waals surface area contributed by atoms with Gasteiger partial charge in [0.25, 0.3) is 0 Å². The Morgan fingerprint density at radius 1 is 1.41 bits per heavy atom. The average Bonchev–Trinajstić information content (AvgIpc) is 2.38. The molecule has 0 aromatic heterocycles. The molecule has 0 bridgehead atoms. The zero-order valence-electron chi connectivity index (χ0n) is 10.4. The second-order valence-electron chi connectivity index (χ2n) is 3.22. The molecule has 0 saturated heterocycles. The molecule has 0 atom stereocenters. The summed E-state index contributed by atoms with van der Waals surface area (Å²) in [5.74, 6) is 0. The number of hydrogen-bond acceptors (Lipinski definition) is 2. The molecule has 0 fully saturated rings. The molecule has 0 aromatic rings. The second-order valence-corrected chi connectivity index (χ2v) is 3.22. The van der Waals surface area contributed by atoms with Crippen LogP contribution < -0.4 is 0 Å². The van der Waals surface area contributed by atoms with Crippen LogP contribution in [-0.4, -0.2) is 31.3 Å². The van der Waals surface area contributed by atoms with E-state index in [-0.39, 0.29) is 19.5 Å². The second kappa shape index (κ2) is 11.6. The summed E-state index contributed by atoms with van der Waals surface area (Å²) in [4.78, 5) is 10.1. The maximum absolute atomic E-state index is 7.75. The molecule has 3 nitrogen and oxygen atoms in total. The topological polar surface area (TPSA) is 34.4 Å². The molecule has 17 heavy (non-hydrogen) atoms. The summed E-state index contributed by atoms with van der Waals surface area (Å²) >= 11 is 0. The van der Waals surface area contributed by atoms with Crippen LogP contribution in [0, 0.1) is 6.92 Å². The van der Waals surface area contributed by atoms with E-state index in [1.165, 1.54) is 0 Å². The van der Waals surface area contributed by atoms with Gasteiger partial charge in [0.15, 0.2) is 0 Å². The van der Waals surface area contributed by atoms with E-state index in [4.69, 9.17) is 4.79 Å². The summed E-state index contributed by atoms with van der Waals surface area (Å²) in [6.07, 6.45) is 7.85. The Morgan fingerprint density at radius 2 is 2.00 bits per heavy atom. The molecular formula is C13H20N2ORu-3. The van der Waals surface area contributed by atoms with Crippen LogP contribution >= 0.6 is 0 Å². The average molecular weight is 321 g/mol. The van der Waals surface area contributed by atoms with Gasteiger partial charge in [0, 0.05) is 6.54 Å².